The van der Waals surface area contributed by atoms with E-state index in [9.17, 15) is 0 Å². The van der Waals surface area contributed by atoms with Gasteiger partial charge in [-0.15, -0.1) is 0 Å². The predicted molar refractivity (Wildman–Crippen MR) is 179 cm³/mol. The zero-order valence-corrected chi connectivity index (χ0v) is 22.8. The number of aromatic nitrogens is 2. The maximum Gasteiger partial charge on any atom is 0.0547 e. The zero-order chi connectivity index (χ0) is 27.4. The molecule has 0 bridgehead atoms. The first-order valence-corrected chi connectivity index (χ1v) is 14.5. The van der Waals surface area contributed by atoms with Gasteiger partial charge in [0.15, 0.2) is 0 Å². The van der Waals surface area contributed by atoms with Crippen molar-refractivity contribution in [3.8, 4) is 11.4 Å². The Kier molecular flexibility index (Phi) is 4.21. The van der Waals surface area contributed by atoms with Crippen LogP contribution in [-0.2, 0) is 0 Å². The molecule has 2 heterocycles. The molecule has 10 rings (SSSR count). The highest BCUT2D eigenvalue weighted by Crippen LogP contribution is 2.44. The first kappa shape index (κ1) is 22.1. The number of nitrogens with zero attached hydrogens (tertiary/aromatic N) is 2. The maximum absolute atomic E-state index is 2.46. The Morgan fingerprint density at radius 3 is 0.952 bits per heavy atom. The SMILES string of the molecule is c1cc2cc(-n3c4ccccc4c4ccccc43)c3cccc4cc(-n5c6ccccc6c6ccccc65)c(c1)c2c43. The highest BCUT2D eigenvalue weighted by Gasteiger charge is 2.20. The van der Waals surface area contributed by atoms with Crippen LogP contribution in [0.5, 0.6) is 0 Å². The van der Waals surface area contributed by atoms with Gasteiger partial charge in [-0.05, 0) is 57.9 Å². The Morgan fingerprint density at radius 2 is 0.595 bits per heavy atom. The van der Waals surface area contributed by atoms with Gasteiger partial charge in [0.1, 0.15) is 0 Å². The number of hydrogen-bond acceptors (Lipinski definition) is 0. The molecule has 0 aliphatic rings. The molecule has 0 fully saturated rings. The summed E-state index contributed by atoms with van der Waals surface area (Å²) in [6.45, 7) is 0. The monoisotopic (exact) mass is 532 g/mol. The smallest absolute Gasteiger partial charge is 0.0547 e. The van der Waals surface area contributed by atoms with Crippen molar-refractivity contribution in [3.63, 3.8) is 0 Å². The minimum absolute atomic E-state index is 1.22. The molecule has 0 saturated heterocycles. The third kappa shape index (κ3) is 2.74. The van der Waals surface area contributed by atoms with Crippen LogP contribution in [0.2, 0.25) is 0 Å². The number of para-hydroxylation sites is 4. The van der Waals surface area contributed by atoms with Crippen LogP contribution in [0.15, 0.2) is 146 Å². The van der Waals surface area contributed by atoms with E-state index in [1.54, 1.807) is 0 Å². The summed E-state index contributed by atoms with van der Waals surface area (Å²) in [6.07, 6.45) is 0. The molecule has 42 heavy (non-hydrogen) atoms. The van der Waals surface area contributed by atoms with Gasteiger partial charge in [-0.1, -0.05) is 109 Å². The van der Waals surface area contributed by atoms with Crippen LogP contribution < -0.4 is 0 Å². The topological polar surface area (TPSA) is 9.86 Å². The first-order chi connectivity index (χ1) is 20.9. The van der Waals surface area contributed by atoms with Crippen LogP contribution >= 0.6 is 0 Å². The average molecular weight is 533 g/mol. The van der Waals surface area contributed by atoms with Gasteiger partial charge >= 0.3 is 0 Å². The zero-order valence-electron chi connectivity index (χ0n) is 22.8. The summed E-state index contributed by atoms with van der Waals surface area (Å²) < 4.78 is 4.92. The minimum atomic E-state index is 1.22. The number of fused-ring (bicyclic) bond motifs is 6. The second-order valence-corrected chi connectivity index (χ2v) is 11.3. The lowest BCUT2D eigenvalue weighted by Crippen LogP contribution is -2.00. The normalized spacial score (nSPS) is 12.3. The van der Waals surface area contributed by atoms with E-state index in [0.29, 0.717) is 0 Å². The van der Waals surface area contributed by atoms with Crippen LogP contribution in [0.25, 0.3) is 87.3 Å². The number of rotatable bonds is 2. The number of benzene rings is 8. The van der Waals surface area contributed by atoms with E-state index in [1.807, 2.05) is 0 Å². The van der Waals surface area contributed by atoms with Crippen LogP contribution in [-0.4, -0.2) is 9.13 Å². The number of hydrogen-bond donors (Lipinski definition) is 0. The largest absolute Gasteiger partial charge is 0.309 e. The van der Waals surface area contributed by atoms with Gasteiger partial charge in [0.25, 0.3) is 0 Å². The molecular weight excluding hydrogens is 508 g/mol. The van der Waals surface area contributed by atoms with Crippen molar-refractivity contribution < 1.29 is 0 Å². The lowest BCUT2D eigenvalue weighted by molar-refractivity contribution is 1.20. The van der Waals surface area contributed by atoms with Crippen LogP contribution in [0.1, 0.15) is 0 Å². The molecule has 0 aliphatic heterocycles. The fourth-order valence-corrected chi connectivity index (χ4v) is 7.55. The van der Waals surface area contributed by atoms with Crippen molar-refractivity contribution in [2.24, 2.45) is 0 Å². The van der Waals surface area contributed by atoms with Crippen LogP contribution in [0, 0.1) is 0 Å². The molecule has 0 N–H and O–H groups in total. The van der Waals surface area contributed by atoms with Gasteiger partial charge in [0, 0.05) is 32.3 Å². The Balaban J connectivity index is 1.38. The molecule has 0 aliphatic carbocycles. The second kappa shape index (κ2) is 7.99. The van der Waals surface area contributed by atoms with Gasteiger partial charge in [0.2, 0.25) is 0 Å². The summed E-state index contributed by atoms with van der Waals surface area (Å²) in [6, 6.07) is 53.5. The molecule has 2 heteroatoms. The highest BCUT2D eigenvalue weighted by molar-refractivity contribution is 6.28. The van der Waals surface area contributed by atoms with E-state index < -0.39 is 0 Å². The third-order valence-electron chi connectivity index (χ3n) is 9.22. The molecule has 0 spiro atoms. The summed E-state index contributed by atoms with van der Waals surface area (Å²) in [5.74, 6) is 0. The van der Waals surface area contributed by atoms with E-state index in [2.05, 4.69) is 155 Å². The molecule has 0 amide bonds. The van der Waals surface area contributed by atoms with E-state index in [-0.39, 0.29) is 0 Å². The molecule has 2 nitrogen and oxygen atoms in total. The molecule has 10 aromatic rings. The van der Waals surface area contributed by atoms with E-state index >= 15 is 0 Å². The molecular formula is C40H24N2. The predicted octanol–water partition coefficient (Wildman–Crippen LogP) is 10.8. The van der Waals surface area contributed by atoms with Gasteiger partial charge < -0.3 is 9.13 Å². The van der Waals surface area contributed by atoms with Crippen molar-refractivity contribution in [2.75, 3.05) is 0 Å². The van der Waals surface area contributed by atoms with Gasteiger partial charge in [0.05, 0.1) is 33.4 Å². The Hall–Kier alpha value is -5.60. The van der Waals surface area contributed by atoms with Crippen molar-refractivity contribution in [1.82, 2.24) is 9.13 Å². The molecule has 2 aromatic heterocycles. The lowest BCUT2D eigenvalue weighted by Gasteiger charge is -2.20. The van der Waals surface area contributed by atoms with Crippen molar-refractivity contribution >= 4 is 75.9 Å². The summed E-state index contributed by atoms with van der Waals surface area (Å²) in [5, 5.41) is 12.9. The molecule has 0 atom stereocenters. The lowest BCUT2D eigenvalue weighted by atomic mass is 9.92. The van der Waals surface area contributed by atoms with Gasteiger partial charge in [-0.25, -0.2) is 0 Å². The minimum Gasteiger partial charge on any atom is -0.309 e. The third-order valence-corrected chi connectivity index (χ3v) is 9.22. The summed E-state index contributed by atoms with van der Waals surface area (Å²) in [4.78, 5) is 0. The van der Waals surface area contributed by atoms with Gasteiger partial charge in [-0.2, -0.15) is 0 Å². The van der Waals surface area contributed by atoms with Crippen molar-refractivity contribution in [3.05, 3.63) is 146 Å². The van der Waals surface area contributed by atoms with E-state index in [4.69, 9.17) is 0 Å². The maximum atomic E-state index is 2.46. The Bertz CT molecular complexity index is 2390. The summed E-state index contributed by atoms with van der Waals surface area (Å²) in [7, 11) is 0. The molecule has 0 radical (unpaired) electrons. The second-order valence-electron chi connectivity index (χ2n) is 11.3. The standard InChI is InChI=1S/C40H24N2/c1-5-19-33-27(13-1)28-14-2-6-20-34(28)41(33)37-23-25-11-10-18-32-38(24-26-12-9-17-31(37)39(26)40(25)32)42-35-21-7-3-15-29(35)30-16-4-8-22-36(30)42/h1-24H. The van der Waals surface area contributed by atoms with Crippen molar-refractivity contribution in [2.45, 2.75) is 0 Å². The van der Waals surface area contributed by atoms with Gasteiger partial charge in [-0.3, -0.25) is 0 Å². The van der Waals surface area contributed by atoms with Crippen LogP contribution in [0.3, 0.4) is 0 Å². The average Bonchev–Trinajstić information content (AvgIpc) is 3.56. The van der Waals surface area contributed by atoms with E-state index in [0.717, 1.165) is 0 Å². The van der Waals surface area contributed by atoms with E-state index in [1.165, 1.54) is 87.3 Å². The quantitative estimate of drug-likeness (QED) is 0.196. The fourth-order valence-electron chi connectivity index (χ4n) is 7.55. The van der Waals surface area contributed by atoms with Crippen molar-refractivity contribution in [1.29, 1.82) is 0 Å². The molecule has 8 aromatic carbocycles. The summed E-state index contributed by atoms with van der Waals surface area (Å²) >= 11 is 0. The Morgan fingerprint density at radius 1 is 0.286 bits per heavy atom. The Labute approximate surface area is 241 Å². The molecule has 0 unspecified atom stereocenters. The highest BCUT2D eigenvalue weighted by atomic mass is 15.0. The summed E-state index contributed by atoms with van der Waals surface area (Å²) in [5.41, 5.74) is 7.39. The van der Waals surface area contributed by atoms with Crippen LogP contribution in [0.4, 0.5) is 0 Å². The molecule has 0 saturated carbocycles. The fraction of sp³-hybridized carbons (Fsp3) is 0. The molecule has 194 valence electrons. The first-order valence-electron chi connectivity index (χ1n) is 14.5.